The maximum atomic E-state index is 4.54. The molecule has 0 saturated carbocycles. The Bertz CT molecular complexity index is 652. The zero-order chi connectivity index (χ0) is 11.8. The second-order valence-corrected chi connectivity index (χ2v) is 4.78. The molecular formula is C11H12N5S+. The molecule has 0 spiro atoms. The maximum absolute atomic E-state index is 4.54. The van der Waals surface area contributed by atoms with Crippen LogP contribution < -0.4 is 4.57 Å². The highest BCUT2D eigenvalue weighted by Crippen LogP contribution is 2.24. The molecule has 3 aromatic heterocycles. The first kappa shape index (κ1) is 10.3. The van der Waals surface area contributed by atoms with E-state index in [4.69, 9.17) is 0 Å². The van der Waals surface area contributed by atoms with E-state index in [1.807, 2.05) is 28.5 Å². The molecule has 17 heavy (non-hydrogen) atoms. The minimum atomic E-state index is 0.841. The number of hydrogen-bond acceptors (Lipinski definition) is 4. The van der Waals surface area contributed by atoms with Crippen molar-refractivity contribution in [2.45, 2.75) is 13.3 Å². The van der Waals surface area contributed by atoms with E-state index in [1.54, 1.807) is 11.3 Å². The van der Waals surface area contributed by atoms with E-state index in [-0.39, 0.29) is 0 Å². The van der Waals surface area contributed by atoms with Gasteiger partial charge in [0.2, 0.25) is 4.96 Å². The van der Waals surface area contributed by atoms with Crippen molar-refractivity contribution in [2.24, 2.45) is 7.05 Å². The molecule has 0 aliphatic carbocycles. The predicted molar refractivity (Wildman–Crippen MR) is 64.6 cm³/mol. The van der Waals surface area contributed by atoms with Crippen molar-refractivity contribution in [3.8, 4) is 10.6 Å². The molecule has 3 heterocycles. The van der Waals surface area contributed by atoms with Crippen LogP contribution in [0, 0.1) is 0 Å². The van der Waals surface area contributed by atoms with Crippen LogP contribution in [0.15, 0.2) is 24.5 Å². The van der Waals surface area contributed by atoms with E-state index in [0.717, 1.165) is 27.8 Å². The van der Waals surface area contributed by atoms with E-state index in [2.05, 4.69) is 34.4 Å². The normalized spacial score (nSPS) is 11.2. The lowest BCUT2D eigenvalue weighted by Gasteiger charge is -1.92. The fraction of sp³-hybridized carbons (Fsp3) is 0.273. The Hall–Kier alpha value is -1.82. The van der Waals surface area contributed by atoms with Crippen molar-refractivity contribution in [1.29, 1.82) is 0 Å². The first-order chi connectivity index (χ1) is 8.28. The summed E-state index contributed by atoms with van der Waals surface area (Å²) in [6.45, 7) is 2.05. The van der Waals surface area contributed by atoms with Crippen LogP contribution in [0.1, 0.15) is 12.7 Å². The van der Waals surface area contributed by atoms with Gasteiger partial charge in [0, 0.05) is 24.1 Å². The van der Waals surface area contributed by atoms with Crippen LogP contribution in [0.2, 0.25) is 0 Å². The number of hydrogen-bond donors (Lipinski definition) is 0. The lowest BCUT2D eigenvalue weighted by atomic mass is 10.3. The first-order valence-electron chi connectivity index (χ1n) is 5.44. The number of rotatable bonds is 2. The van der Waals surface area contributed by atoms with Gasteiger partial charge in [0.25, 0.3) is 0 Å². The third kappa shape index (κ3) is 1.70. The quantitative estimate of drug-likeness (QED) is 0.639. The predicted octanol–water partition coefficient (Wildman–Crippen LogP) is 1.24. The summed E-state index contributed by atoms with van der Waals surface area (Å²) in [6.07, 6.45) is 4.87. The molecule has 3 rings (SSSR count). The van der Waals surface area contributed by atoms with Gasteiger partial charge in [0.1, 0.15) is 12.1 Å². The molecule has 0 radical (unpaired) electrons. The Balaban J connectivity index is 2.11. The highest BCUT2D eigenvalue weighted by Gasteiger charge is 2.12. The molecule has 0 saturated heterocycles. The summed E-state index contributed by atoms with van der Waals surface area (Å²) in [6, 6.07) is 4.11. The molecule has 0 fully saturated rings. The van der Waals surface area contributed by atoms with Gasteiger partial charge in [-0.2, -0.15) is 9.61 Å². The summed E-state index contributed by atoms with van der Waals surface area (Å²) in [4.78, 5) is 0.852. The van der Waals surface area contributed by atoms with Crippen LogP contribution in [0.25, 0.3) is 15.5 Å². The molecule has 0 atom stereocenters. The topological polar surface area (TPSA) is 47.0 Å². The molecule has 5 nitrogen and oxygen atoms in total. The number of aromatic nitrogens is 5. The van der Waals surface area contributed by atoms with Crippen LogP contribution in [-0.4, -0.2) is 19.8 Å². The van der Waals surface area contributed by atoms with Crippen LogP contribution in [0.3, 0.4) is 0 Å². The highest BCUT2D eigenvalue weighted by atomic mass is 32.1. The number of pyridine rings is 1. The van der Waals surface area contributed by atoms with Crippen molar-refractivity contribution >= 4 is 16.3 Å². The van der Waals surface area contributed by atoms with Crippen molar-refractivity contribution < 1.29 is 4.57 Å². The molecule has 0 aliphatic heterocycles. The average molecular weight is 246 g/mol. The fourth-order valence-corrected chi connectivity index (χ4v) is 2.50. The minimum Gasteiger partial charge on any atom is -0.208 e. The van der Waals surface area contributed by atoms with Crippen LogP contribution >= 0.6 is 11.3 Å². The van der Waals surface area contributed by atoms with E-state index < -0.39 is 0 Å². The van der Waals surface area contributed by atoms with Crippen LogP contribution in [-0.2, 0) is 13.5 Å². The van der Waals surface area contributed by atoms with Crippen LogP contribution in [0.5, 0.6) is 0 Å². The van der Waals surface area contributed by atoms with Crippen LogP contribution in [0.4, 0.5) is 0 Å². The van der Waals surface area contributed by atoms with Crippen molar-refractivity contribution in [2.75, 3.05) is 0 Å². The molecule has 86 valence electrons. The number of fused-ring (bicyclic) bond motifs is 1. The van der Waals surface area contributed by atoms with E-state index in [9.17, 15) is 0 Å². The largest absolute Gasteiger partial charge is 0.234 e. The van der Waals surface area contributed by atoms with Gasteiger partial charge in [-0.05, 0) is 0 Å². The Labute approximate surface area is 102 Å². The van der Waals surface area contributed by atoms with Gasteiger partial charge in [-0.3, -0.25) is 0 Å². The van der Waals surface area contributed by atoms with Gasteiger partial charge < -0.3 is 0 Å². The maximum Gasteiger partial charge on any atom is 0.234 e. The third-order valence-corrected chi connectivity index (χ3v) is 3.54. The van der Waals surface area contributed by atoms with Crippen molar-refractivity contribution in [3.05, 3.63) is 30.4 Å². The van der Waals surface area contributed by atoms with Crippen molar-refractivity contribution in [3.63, 3.8) is 0 Å². The lowest BCUT2D eigenvalue weighted by Crippen LogP contribution is -2.25. The Kier molecular flexibility index (Phi) is 2.36. The van der Waals surface area contributed by atoms with Gasteiger partial charge in [-0.15, -0.1) is 10.2 Å². The van der Waals surface area contributed by atoms with Crippen molar-refractivity contribution in [1.82, 2.24) is 19.8 Å². The fourth-order valence-electron chi connectivity index (χ4n) is 1.64. The second-order valence-electron chi connectivity index (χ2n) is 3.82. The molecule has 0 unspecified atom stereocenters. The summed E-state index contributed by atoms with van der Waals surface area (Å²) in [5.74, 6) is 0.906. The zero-order valence-electron chi connectivity index (χ0n) is 9.66. The summed E-state index contributed by atoms with van der Waals surface area (Å²) >= 11 is 1.56. The van der Waals surface area contributed by atoms with Gasteiger partial charge in [-0.25, -0.2) is 4.57 Å². The average Bonchev–Trinajstić information content (AvgIpc) is 2.89. The van der Waals surface area contributed by atoms with Gasteiger partial charge in [0.05, 0.1) is 0 Å². The zero-order valence-corrected chi connectivity index (χ0v) is 10.5. The smallest absolute Gasteiger partial charge is 0.208 e. The summed E-state index contributed by atoms with van der Waals surface area (Å²) in [5.41, 5.74) is 1.11. The highest BCUT2D eigenvalue weighted by molar-refractivity contribution is 7.19. The standard InChI is InChI=1S/C11H12N5S/c1-3-9-12-13-11-16(9)14-10(17-11)8-4-6-15(2)7-5-8/h4-7H,3H2,1-2H3/q+1. The molecule has 0 bridgehead atoms. The van der Waals surface area contributed by atoms with E-state index >= 15 is 0 Å². The summed E-state index contributed by atoms with van der Waals surface area (Å²) in [7, 11) is 2.00. The minimum absolute atomic E-state index is 0.841. The molecular weight excluding hydrogens is 234 g/mol. The summed E-state index contributed by atoms with van der Waals surface area (Å²) < 4.78 is 3.83. The van der Waals surface area contributed by atoms with E-state index in [0.29, 0.717) is 0 Å². The Morgan fingerprint density at radius 2 is 2.06 bits per heavy atom. The number of aryl methyl sites for hydroxylation is 2. The van der Waals surface area contributed by atoms with E-state index in [1.165, 1.54) is 0 Å². The monoisotopic (exact) mass is 246 g/mol. The number of nitrogens with zero attached hydrogens (tertiary/aromatic N) is 5. The molecule has 0 N–H and O–H groups in total. The lowest BCUT2D eigenvalue weighted by molar-refractivity contribution is -0.671. The molecule has 0 aliphatic rings. The molecule has 0 amide bonds. The first-order valence-corrected chi connectivity index (χ1v) is 6.26. The Morgan fingerprint density at radius 3 is 2.76 bits per heavy atom. The molecule has 0 aromatic carbocycles. The Morgan fingerprint density at radius 1 is 1.29 bits per heavy atom. The molecule has 3 aromatic rings. The van der Waals surface area contributed by atoms with Gasteiger partial charge in [0.15, 0.2) is 18.2 Å². The summed E-state index contributed by atoms with van der Waals surface area (Å²) in [5, 5.41) is 13.7. The van der Waals surface area contributed by atoms with Gasteiger partial charge in [-0.1, -0.05) is 18.3 Å². The SMILES string of the molecule is CCc1nnc2sc(-c3cc[n+](C)cc3)nn12. The van der Waals surface area contributed by atoms with Gasteiger partial charge >= 0.3 is 0 Å². The third-order valence-electron chi connectivity index (χ3n) is 2.60. The second kappa shape index (κ2) is 3.89. The molecule has 6 heteroatoms.